The molecule has 3 rings (SSSR count). The number of rotatable bonds is 14. The second-order valence-electron chi connectivity index (χ2n) is 11.5. The molecule has 0 spiro atoms. The fourth-order valence-corrected chi connectivity index (χ4v) is 6.46. The molecule has 1 aromatic rings. The summed E-state index contributed by atoms with van der Waals surface area (Å²) in [6.45, 7) is 6.59. The predicted octanol–water partition coefficient (Wildman–Crippen LogP) is 1.41. The van der Waals surface area contributed by atoms with Gasteiger partial charge in [0.25, 0.3) is 0 Å². The molecule has 2 fully saturated rings. The van der Waals surface area contributed by atoms with Crippen LogP contribution in [0.4, 0.5) is 0 Å². The van der Waals surface area contributed by atoms with E-state index in [4.69, 9.17) is 52.1 Å². The standard InChI is InChI=1S/C33H42O18S/c1-15(34)42-13-24-26(44-17(3)36)28(45-18(4)37)30(47-20(6)39)32(49-24)51-27-25(14-43-16(2)35)50-33(52-23-11-9-22(41-8)10-12-23)31(48-21(7)40)29(27)46-19(5)38/h9-12,24-33H,13-14H2,1-8H3/t24-,25-,26+,27-,28+,29+,30-,31-,32+,33+/m1/s1. The maximum Gasteiger partial charge on any atom is 0.303 e. The zero-order chi connectivity index (χ0) is 38.7. The van der Waals surface area contributed by atoms with E-state index in [0.717, 1.165) is 60.2 Å². The summed E-state index contributed by atoms with van der Waals surface area (Å²) in [4.78, 5) is 86.4. The Morgan fingerprint density at radius 1 is 0.538 bits per heavy atom. The Kier molecular flexibility index (Phi) is 15.7. The Balaban J connectivity index is 2.16. The Morgan fingerprint density at radius 3 is 1.42 bits per heavy atom. The van der Waals surface area contributed by atoms with E-state index >= 15 is 0 Å². The molecule has 0 unspecified atom stereocenters. The lowest BCUT2D eigenvalue weighted by atomic mass is 9.96. The molecule has 52 heavy (non-hydrogen) atoms. The Hall–Kier alpha value is -4.46. The fourth-order valence-electron chi connectivity index (χ4n) is 5.36. The molecule has 0 aromatic heterocycles. The molecular weight excluding hydrogens is 716 g/mol. The van der Waals surface area contributed by atoms with E-state index in [0.29, 0.717) is 10.6 Å². The first-order chi connectivity index (χ1) is 24.5. The molecule has 0 bridgehead atoms. The highest BCUT2D eigenvalue weighted by atomic mass is 32.2. The lowest BCUT2D eigenvalue weighted by Crippen LogP contribution is -2.66. The normalized spacial score (nSPS) is 28.3. The molecule has 2 saturated heterocycles. The second-order valence-corrected chi connectivity index (χ2v) is 12.6. The van der Waals surface area contributed by atoms with Crippen LogP contribution in [0.3, 0.4) is 0 Å². The minimum atomic E-state index is -1.77. The number of hydrogen-bond donors (Lipinski definition) is 0. The summed E-state index contributed by atoms with van der Waals surface area (Å²) in [7, 11) is 1.50. The van der Waals surface area contributed by atoms with Gasteiger partial charge in [-0.1, -0.05) is 11.8 Å². The summed E-state index contributed by atoms with van der Waals surface area (Å²) >= 11 is 1.09. The van der Waals surface area contributed by atoms with Gasteiger partial charge in [0.15, 0.2) is 36.8 Å². The second kappa shape index (κ2) is 19.4. The molecule has 288 valence electrons. The van der Waals surface area contributed by atoms with Crippen LogP contribution >= 0.6 is 11.8 Å². The van der Waals surface area contributed by atoms with Crippen LogP contribution < -0.4 is 4.74 Å². The van der Waals surface area contributed by atoms with Crippen molar-refractivity contribution in [2.45, 2.75) is 114 Å². The number of esters is 7. The van der Waals surface area contributed by atoms with Crippen molar-refractivity contribution in [3.05, 3.63) is 24.3 Å². The van der Waals surface area contributed by atoms with Gasteiger partial charge in [-0.25, -0.2) is 0 Å². The zero-order valence-electron chi connectivity index (χ0n) is 29.8. The Labute approximate surface area is 303 Å². The number of methoxy groups -OCH3 is 1. The van der Waals surface area contributed by atoms with Crippen molar-refractivity contribution in [2.75, 3.05) is 20.3 Å². The summed E-state index contributed by atoms with van der Waals surface area (Å²) in [5.41, 5.74) is -1.10. The highest BCUT2D eigenvalue weighted by Crippen LogP contribution is 2.40. The topological polar surface area (TPSA) is 221 Å². The van der Waals surface area contributed by atoms with Gasteiger partial charge in [0.1, 0.15) is 42.7 Å². The number of hydrogen-bond acceptors (Lipinski definition) is 19. The van der Waals surface area contributed by atoms with Gasteiger partial charge < -0.3 is 52.1 Å². The largest absolute Gasteiger partial charge is 0.497 e. The molecule has 0 amide bonds. The molecule has 0 saturated carbocycles. The zero-order valence-corrected chi connectivity index (χ0v) is 30.6. The summed E-state index contributed by atoms with van der Waals surface area (Å²) in [5, 5.41) is 0. The third-order valence-electron chi connectivity index (χ3n) is 7.20. The lowest BCUT2D eigenvalue weighted by molar-refractivity contribution is -0.341. The molecule has 0 aliphatic carbocycles. The third-order valence-corrected chi connectivity index (χ3v) is 8.35. The fraction of sp³-hybridized carbons (Fsp3) is 0.606. The van der Waals surface area contributed by atoms with Crippen LogP contribution in [0.5, 0.6) is 5.75 Å². The first-order valence-electron chi connectivity index (χ1n) is 15.9. The highest BCUT2D eigenvalue weighted by Gasteiger charge is 2.57. The van der Waals surface area contributed by atoms with E-state index in [-0.39, 0.29) is 0 Å². The van der Waals surface area contributed by atoms with Gasteiger partial charge in [0.05, 0.1) is 7.11 Å². The maximum atomic E-state index is 12.6. The molecular formula is C33H42O18S. The minimum Gasteiger partial charge on any atom is -0.497 e. The monoisotopic (exact) mass is 758 g/mol. The van der Waals surface area contributed by atoms with E-state index in [1.54, 1.807) is 24.3 Å². The summed E-state index contributed by atoms with van der Waals surface area (Å²) < 4.78 is 62.2. The van der Waals surface area contributed by atoms with Gasteiger partial charge in [-0.15, -0.1) is 0 Å². The number of benzene rings is 1. The molecule has 19 heteroatoms. The van der Waals surface area contributed by atoms with Gasteiger partial charge >= 0.3 is 41.8 Å². The van der Waals surface area contributed by atoms with Crippen LogP contribution in [0.1, 0.15) is 48.5 Å². The quantitative estimate of drug-likeness (QED) is 0.193. The number of thioether (sulfide) groups is 1. The molecule has 10 atom stereocenters. The highest BCUT2D eigenvalue weighted by molar-refractivity contribution is 7.99. The van der Waals surface area contributed by atoms with Gasteiger partial charge in [0, 0.05) is 53.4 Å². The van der Waals surface area contributed by atoms with Crippen LogP contribution in [-0.2, 0) is 80.9 Å². The molecule has 2 heterocycles. The summed E-state index contributed by atoms with van der Waals surface area (Å²) in [5.74, 6) is -5.13. The van der Waals surface area contributed by atoms with Gasteiger partial charge in [-0.3, -0.25) is 33.6 Å². The van der Waals surface area contributed by atoms with E-state index in [2.05, 4.69) is 0 Å². The van der Waals surface area contributed by atoms with Crippen molar-refractivity contribution in [3.8, 4) is 5.75 Å². The smallest absolute Gasteiger partial charge is 0.303 e. The lowest BCUT2D eigenvalue weighted by Gasteiger charge is -2.48. The summed E-state index contributed by atoms with van der Waals surface area (Å²) in [6, 6.07) is 6.78. The minimum absolute atomic E-state index is 0.491. The van der Waals surface area contributed by atoms with Crippen molar-refractivity contribution < 1.29 is 85.7 Å². The first-order valence-corrected chi connectivity index (χ1v) is 16.8. The first kappa shape index (κ1) is 42.0. The van der Waals surface area contributed by atoms with Crippen LogP contribution in [0.25, 0.3) is 0 Å². The molecule has 18 nitrogen and oxygen atoms in total. The predicted molar refractivity (Wildman–Crippen MR) is 172 cm³/mol. The van der Waals surface area contributed by atoms with Crippen molar-refractivity contribution in [3.63, 3.8) is 0 Å². The van der Waals surface area contributed by atoms with Gasteiger partial charge in [-0.05, 0) is 24.3 Å². The van der Waals surface area contributed by atoms with Crippen molar-refractivity contribution in [2.24, 2.45) is 0 Å². The van der Waals surface area contributed by atoms with Crippen molar-refractivity contribution in [1.29, 1.82) is 0 Å². The van der Waals surface area contributed by atoms with E-state index < -0.39 is 116 Å². The average molecular weight is 759 g/mol. The molecule has 1 aromatic carbocycles. The van der Waals surface area contributed by atoms with Crippen LogP contribution in [0.2, 0.25) is 0 Å². The van der Waals surface area contributed by atoms with Crippen LogP contribution in [-0.4, -0.2) is 123 Å². The number of carbonyl (C=O) groups excluding carboxylic acids is 7. The van der Waals surface area contributed by atoms with Gasteiger partial charge in [-0.2, -0.15) is 0 Å². The maximum absolute atomic E-state index is 12.6. The molecule has 0 N–H and O–H groups in total. The van der Waals surface area contributed by atoms with Gasteiger partial charge in [0.2, 0.25) is 0 Å². The average Bonchev–Trinajstić information content (AvgIpc) is 3.03. The van der Waals surface area contributed by atoms with E-state index in [1.165, 1.54) is 7.11 Å². The third kappa shape index (κ3) is 12.3. The van der Waals surface area contributed by atoms with Crippen molar-refractivity contribution in [1.82, 2.24) is 0 Å². The summed E-state index contributed by atoms with van der Waals surface area (Å²) in [6.07, 6.45) is -13.6. The molecule has 0 radical (unpaired) electrons. The molecule has 2 aliphatic rings. The SMILES string of the molecule is COc1ccc(S[C@@H]2O[C@H](COC(C)=O)[C@@H](O[C@@H]3O[C@H](COC(C)=O)[C@H](OC(C)=O)[C@H](OC(C)=O)[C@H]3OC(C)=O)[C@H](OC(C)=O)[C@H]2OC(C)=O)cc1. The molecule has 2 aliphatic heterocycles. The van der Waals surface area contributed by atoms with E-state index in [9.17, 15) is 33.6 Å². The van der Waals surface area contributed by atoms with Crippen molar-refractivity contribution >= 4 is 53.5 Å². The number of ether oxygens (including phenoxy) is 11. The van der Waals surface area contributed by atoms with E-state index in [1.807, 2.05) is 0 Å². The van der Waals surface area contributed by atoms with Crippen LogP contribution in [0.15, 0.2) is 29.2 Å². The van der Waals surface area contributed by atoms with Crippen LogP contribution in [0, 0.1) is 0 Å². The Morgan fingerprint density at radius 2 is 0.962 bits per heavy atom. The Bertz CT molecular complexity index is 1450. The number of carbonyl (C=O) groups is 7.